The smallest absolute Gasteiger partial charge is 0.234 e. The van der Waals surface area contributed by atoms with Gasteiger partial charge in [0.05, 0.1) is 18.8 Å². The second-order valence-corrected chi connectivity index (χ2v) is 3.92. The first-order valence-corrected chi connectivity index (χ1v) is 6.18. The van der Waals surface area contributed by atoms with E-state index in [2.05, 4.69) is 29.5 Å². The van der Waals surface area contributed by atoms with Crippen molar-refractivity contribution < 1.29 is 4.79 Å². The first-order chi connectivity index (χ1) is 8.27. The quantitative estimate of drug-likeness (QED) is 0.700. The maximum Gasteiger partial charge on any atom is 0.234 e. The largest absolute Gasteiger partial charge is 0.349 e. The van der Waals surface area contributed by atoms with Gasteiger partial charge in [-0.2, -0.15) is 0 Å². The van der Waals surface area contributed by atoms with E-state index in [0.29, 0.717) is 13.1 Å². The summed E-state index contributed by atoms with van der Waals surface area (Å²) in [5, 5.41) is 5.94. The van der Waals surface area contributed by atoms with Crippen LogP contribution in [0, 0.1) is 0 Å². The molecule has 0 aromatic carbocycles. The summed E-state index contributed by atoms with van der Waals surface area (Å²) in [5.74, 6) is 0.0196. The minimum atomic E-state index is 0.0196. The summed E-state index contributed by atoms with van der Waals surface area (Å²) in [6.07, 6.45) is 3.73. The number of rotatable bonds is 7. The van der Waals surface area contributed by atoms with Crippen LogP contribution in [-0.4, -0.2) is 24.0 Å². The van der Waals surface area contributed by atoms with Gasteiger partial charge < -0.3 is 10.6 Å². The second kappa shape index (κ2) is 7.79. The van der Waals surface area contributed by atoms with Crippen molar-refractivity contribution in [3.63, 3.8) is 0 Å². The molecule has 94 valence electrons. The molecule has 1 aromatic rings. The van der Waals surface area contributed by atoms with Crippen molar-refractivity contribution in [2.24, 2.45) is 0 Å². The number of hydrogen-bond acceptors (Lipinski definition) is 3. The van der Waals surface area contributed by atoms with Crippen LogP contribution in [0.15, 0.2) is 18.3 Å². The molecule has 0 radical (unpaired) electrons. The highest BCUT2D eigenvalue weighted by atomic mass is 16.1. The van der Waals surface area contributed by atoms with Gasteiger partial charge in [-0.05, 0) is 31.0 Å². The number of aromatic nitrogens is 1. The molecule has 2 N–H and O–H groups in total. The third kappa shape index (κ3) is 4.95. The van der Waals surface area contributed by atoms with Crippen LogP contribution in [0.2, 0.25) is 0 Å². The van der Waals surface area contributed by atoms with E-state index in [-0.39, 0.29) is 5.91 Å². The fraction of sp³-hybridized carbons (Fsp3) is 0.538. The molecule has 0 aliphatic heterocycles. The standard InChI is InChI=1S/C13H21N3O/c1-3-7-14-10-13(17)16-9-12-11(4-2)6-5-8-15-12/h5-6,8,14H,3-4,7,9-10H2,1-2H3,(H,16,17). The summed E-state index contributed by atoms with van der Waals surface area (Å²) in [4.78, 5) is 15.8. The monoisotopic (exact) mass is 235 g/mol. The number of aryl methyl sites for hydroxylation is 1. The van der Waals surface area contributed by atoms with Gasteiger partial charge in [-0.3, -0.25) is 9.78 Å². The number of amides is 1. The molecule has 0 atom stereocenters. The number of pyridine rings is 1. The van der Waals surface area contributed by atoms with Gasteiger partial charge in [0.15, 0.2) is 0 Å². The first kappa shape index (κ1) is 13.6. The highest BCUT2D eigenvalue weighted by Gasteiger charge is 2.04. The van der Waals surface area contributed by atoms with Crippen molar-refractivity contribution >= 4 is 5.91 Å². The Hall–Kier alpha value is -1.42. The predicted molar refractivity (Wildman–Crippen MR) is 68.6 cm³/mol. The molecular weight excluding hydrogens is 214 g/mol. The van der Waals surface area contributed by atoms with Gasteiger partial charge in [-0.1, -0.05) is 19.9 Å². The Labute approximate surface area is 103 Å². The van der Waals surface area contributed by atoms with Crippen molar-refractivity contribution in [2.45, 2.75) is 33.2 Å². The van der Waals surface area contributed by atoms with E-state index < -0.39 is 0 Å². The van der Waals surface area contributed by atoms with E-state index in [9.17, 15) is 4.79 Å². The fourth-order valence-corrected chi connectivity index (χ4v) is 1.58. The van der Waals surface area contributed by atoms with Crippen LogP contribution in [0.1, 0.15) is 31.5 Å². The number of hydrogen-bond donors (Lipinski definition) is 2. The number of nitrogens with zero attached hydrogens (tertiary/aromatic N) is 1. The second-order valence-electron chi connectivity index (χ2n) is 3.92. The van der Waals surface area contributed by atoms with E-state index in [1.54, 1.807) is 6.20 Å². The molecule has 0 spiro atoms. The van der Waals surface area contributed by atoms with Crippen molar-refractivity contribution in [1.82, 2.24) is 15.6 Å². The number of carbonyl (C=O) groups excluding carboxylic acids is 1. The zero-order chi connectivity index (χ0) is 12.5. The van der Waals surface area contributed by atoms with Crippen LogP contribution in [0.3, 0.4) is 0 Å². The molecule has 0 unspecified atom stereocenters. The summed E-state index contributed by atoms with van der Waals surface area (Å²) >= 11 is 0. The van der Waals surface area contributed by atoms with Crippen LogP contribution < -0.4 is 10.6 Å². The normalized spacial score (nSPS) is 10.2. The lowest BCUT2D eigenvalue weighted by molar-refractivity contribution is -0.120. The van der Waals surface area contributed by atoms with Crippen molar-refractivity contribution in [3.05, 3.63) is 29.6 Å². The number of nitrogens with one attached hydrogen (secondary N) is 2. The van der Waals surface area contributed by atoms with Crippen LogP contribution in [0.25, 0.3) is 0 Å². The van der Waals surface area contributed by atoms with Gasteiger partial charge >= 0.3 is 0 Å². The van der Waals surface area contributed by atoms with Gasteiger partial charge in [0.2, 0.25) is 5.91 Å². The van der Waals surface area contributed by atoms with Crippen LogP contribution in [0.4, 0.5) is 0 Å². The Kier molecular flexibility index (Phi) is 6.25. The Bertz CT molecular complexity index is 352. The minimum absolute atomic E-state index is 0.0196. The highest BCUT2D eigenvalue weighted by molar-refractivity contribution is 5.77. The zero-order valence-corrected chi connectivity index (χ0v) is 10.6. The van der Waals surface area contributed by atoms with Crippen molar-refractivity contribution in [2.75, 3.05) is 13.1 Å². The molecule has 1 rings (SSSR count). The van der Waals surface area contributed by atoms with Gasteiger partial charge in [-0.25, -0.2) is 0 Å². The Morgan fingerprint density at radius 1 is 1.41 bits per heavy atom. The van der Waals surface area contributed by atoms with E-state index in [1.165, 1.54) is 5.56 Å². The molecular formula is C13H21N3O. The van der Waals surface area contributed by atoms with Gasteiger partial charge in [0.25, 0.3) is 0 Å². The molecule has 0 aliphatic carbocycles. The van der Waals surface area contributed by atoms with Gasteiger partial charge in [0, 0.05) is 6.20 Å². The molecule has 4 heteroatoms. The molecule has 17 heavy (non-hydrogen) atoms. The van der Waals surface area contributed by atoms with E-state index in [1.807, 2.05) is 12.1 Å². The van der Waals surface area contributed by atoms with Crippen molar-refractivity contribution in [3.8, 4) is 0 Å². The molecule has 1 amide bonds. The molecule has 4 nitrogen and oxygen atoms in total. The van der Waals surface area contributed by atoms with Crippen LogP contribution >= 0.6 is 0 Å². The maximum atomic E-state index is 11.5. The summed E-state index contributed by atoms with van der Waals surface area (Å²) in [7, 11) is 0. The predicted octanol–water partition coefficient (Wildman–Crippen LogP) is 1.26. The van der Waals surface area contributed by atoms with Gasteiger partial charge in [-0.15, -0.1) is 0 Å². The average molecular weight is 235 g/mol. The molecule has 0 saturated carbocycles. The van der Waals surface area contributed by atoms with Crippen LogP contribution in [0.5, 0.6) is 0 Å². The minimum Gasteiger partial charge on any atom is -0.349 e. The summed E-state index contributed by atoms with van der Waals surface area (Å²) in [6, 6.07) is 3.97. The Morgan fingerprint density at radius 3 is 2.94 bits per heavy atom. The van der Waals surface area contributed by atoms with E-state index in [0.717, 1.165) is 25.1 Å². The summed E-state index contributed by atoms with van der Waals surface area (Å²) in [5.41, 5.74) is 2.15. The lowest BCUT2D eigenvalue weighted by Crippen LogP contribution is -2.34. The lowest BCUT2D eigenvalue weighted by Gasteiger charge is -2.08. The topological polar surface area (TPSA) is 54.0 Å². The number of carbonyl (C=O) groups is 1. The molecule has 0 fully saturated rings. The van der Waals surface area contributed by atoms with Crippen molar-refractivity contribution in [1.29, 1.82) is 0 Å². The molecule has 0 bridgehead atoms. The lowest BCUT2D eigenvalue weighted by atomic mass is 10.1. The molecule has 1 heterocycles. The first-order valence-electron chi connectivity index (χ1n) is 6.18. The molecule has 1 aromatic heterocycles. The Balaban J connectivity index is 2.36. The zero-order valence-electron chi connectivity index (χ0n) is 10.6. The fourth-order valence-electron chi connectivity index (χ4n) is 1.58. The summed E-state index contributed by atoms with van der Waals surface area (Å²) in [6.45, 7) is 5.92. The third-order valence-electron chi connectivity index (χ3n) is 2.53. The third-order valence-corrected chi connectivity index (χ3v) is 2.53. The SMILES string of the molecule is CCCNCC(=O)NCc1ncccc1CC. The molecule has 0 saturated heterocycles. The Morgan fingerprint density at radius 2 is 2.24 bits per heavy atom. The van der Waals surface area contributed by atoms with E-state index >= 15 is 0 Å². The molecule has 0 aliphatic rings. The summed E-state index contributed by atoms with van der Waals surface area (Å²) < 4.78 is 0. The highest BCUT2D eigenvalue weighted by Crippen LogP contribution is 2.05. The average Bonchev–Trinajstić information content (AvgIpc) is 2.37. The van der Waals surface area contributed by atoms with Gasteiger partial charge in [0.1, 0.15) is 0 Å². The maximum absolute atomic E-state index is 11.5. The van der Waals surface area contributed by atoms with Crippen LogP contribution in [-0.2, 0) is 17.8 Å². The van der Waals surface area contributed by atoms with E-state index in [4.69, 9.17) is 0 Å².